The summed E-state index contributed by atoms with van der Waals surface area (Å²) in [6.07, 6.45) is -0.0912. The molecule has 49 heavy (non-hydrogen) atoms. The maximum atomic E-state index is 14.1. The predicted molar refractivity (Wildman–Crippen MR) is 186 cm³/mol. The van der Waals surface area contributed by atoms with Gasteiger partial charge in [-0.1, -0.05) is 35.7 Å². The molecule has 3 aliphatic heterocycles. The summed E-state index contributed by atoms with van der Waals surface area (Å²) in [5.41, 5.74) is 0.156. The van der Waals surface area contributed by atoms with Crippen molar-refractivity contribution in [2.75, 3.05) is 33.2 Å². The molecule has 8 atom stereocenters. The second-order valence-electron chi connectivity index (χ2n) is 14.2. The van der Waals surface area contributed by atoms with Crippen LogP contribution in [0.1, 0.15) is 66.9 Å². The largest absolute Gasteiger partial charge is 0.495 e. The number of aliphatic hydroxyl groups is 1. The normalized spacial score (nSPS) is 33.8. The van der Waals surface area contributed by atoms with E-state index in [1.54, 1.807) is 27.0 Å². The molecule has 3 aliphatic rings. The molecule has 4 rings (SSSR count). The molecule has 0 aliphatic carbocycles. The first-order valence-corrected chi connectivity index (χ1v) is 17.1. The van der Waals surface area contributed by atoms with Crippen molar-refractivity contribution in [3.63, 3.8) is 0 Å². The van der Waals surface area contributed by atoms with Crippen molar-refractivity contribution < 1.29 is 43.2 Å². The summed E-state index contributed by atoms with van der Waals surface area (Å²) in [6.45, 7) is 13.2. The molecule has 0 aromatic heterocycles. The molecule has 0 radical (unpaired) electrons. The summed E-state index contributed by atoms with van der Waals surface area (Å²) in [6, 6.07) is 3.13. The summed E-state index contributed by atoms with van der Waals surface area (Å²) in [5, 5.41) is 14.6. The number of methoxy groups -OCH3 is 2. The van der Waals surface area contributed by atoms with Crippen LogP contribution < -0.4 is 15.0 Å². The van der Waals surface area contributed by atoms with Crippen molar-refractivity contribution in [1.82, 2.24) is 10.2 Å². The summed E-state index contributed by atoms with van der Waals surface area (Å²) in [5.74, 6) is -0.921. The lowest BCUT2D eigenvalue weighted by molar-refractivity contribution is -0.159. The number of nitrogens with one attached hydrogen (secondary N) is 1. The minimum atomic E-state index is -1.79. The average molecular weight is 706 g/mol. The van der Waals surface area contributed by atoms with Gasteiger partial charge >= 0.3 is 12.1 Å². The minimum absolute atomic E-state index is 0.00665. The van der Waals surface area contributed by atoms with Crippen molar-refractivity contribution in [3.05, 3.63) is 46.0 Å². The molecule has 2 saturated heterocycles. The van der Waals surface area contributed by atoms with E-state index in [1.165, 1.54) is 19.1 Å². The third-order valence-corrected chi connectivity index (χ3v) is 10.6. The van der Waals surface area contributed by atoms with Crippen LogP contribution >= 0.6 is 11.6 Å². The third kappa shape index (κ3) is 8.26. The van der Waals surface area contributed by atoms with Crippen LogP contribution in [0.3, 0.4) is 0 Å². The van der Waals surface area contributed by atoms with Gasteiger partial charge in [0.1, 0.15) is 40.7 Å². The van der Waals surface area contributed by atoms with E-state index < -0.39 is 59.8 Å². The smallest absolute Gasteiger partial charge is 0.409 e. The van der Waals surface area contributed by atoms with Gasteiger partial charge in [-0.2, -0.15) is 0 Å². The van der Waals surface area contributed by atoms with Gasteiger partial charge in [-0.25, -0.2) is 4.79 Å². The lowest BCUT2D eigenvalue weighted by Crippen LogP contribution is -2.63. The molecular weight excluding hydrogens is 654 g/mol. The fourth-order valence-corrected chi connectivity index (χ4v) is 7.09. The fourth-order valence-electron chi connectivity index (χ4n) is 6.77. The number of likely N-dealkylation sites (N-methyl/N-ethyl adjacent to an activating group) is 1. The fraction of sp³-hybridized carbons (Fsp3) is 0.639. The Kier molecular flexibility index (Phi) is 11.8. The Bertz CT molecular complexity index is 1500. The Hall–Kier alpha value is -3.16. The zero-order valence-electron chi connectivity index (χ0n) is 30.5. The number of carbonyl (C=O) groups excluding carboxylic acids is 3. The number of hydrogen-bond acceptors (Lipinski definition) is 10. The van der Waals surface area contributed by atoms with E-state index in [0.717, 1.165) is 16.7 Å². The topological polar surface area (TPSA) is 139 Å². The molecule has 13 heteroatoms. The number of esters is 1. The van der Waals surface area contributed by atoms with E-state index >= 15 is 0 Å². The standard InChI is InChI=1S/C36H52ClN3O9/c1-19(2)39(8)23(6)33(42)48-28-17-30(41)40(9)25-15-24(16-26(45-10)31(25)37)13-20(3)12-21(4)14-29(46-11)36(44)18-27(47-34(43)38-36)22(5)32-35(28,7)49-32/h12,14-16,19,22-23,27-29,32,44H,13,17-18H2,1-11H3,(H,38,43)/b20-12+,21-14+/t22-,23+,27+,28+,29-,32+,35+,36+/m1/s1. The molecule has 4 bridgehead atoms. The minimum Gasteiger partial charge on any atom is -0.495 e. The number of anilines is 1. The number of carbonyl (C=O) groups is 3. The summed E-state index contributed by atoms with van der Waals surface area (Å²) >= 11 is 6.77. The van der Waals surface area contributed by atoms with Gasteiger partial charge in [-0.05, 0) is 78.8 Å². The molecule has 0 saturated carbocycles. The highest BCUT2D eigenvalue weighted by molar-refractivity contribution is 6.35. The zero-order valence-corrected chi connectivity index (χ0v) is 31.2. The van der Waals surface area contributed by atoms with Crippen LogP contribution in [0.25, 0.3) is 0 Å². The van der Waals surface area contributed by atoms with E-state index in [9.17, 15) is 19.5 Å². The van der Waals surface area contributed by atoms with Gasteiger partial charge < -0.3 is 33.7 Å². The number of allylic oxidation sites excluding steroid dienone is 3. The van der Waals surface area contributed by atoms with Gasteiger partial charge in [0.15, 0.2) is 5.72 Å². The number of hydrogen-bond donors (Lipinski definition) is 2. The second kappa shape index (κ2) is 15.0. The molecule has 2 fully saturated rings. The zero-order chi connectivity index (χ0) is 36.6. The molecule has 3 heterocycles. The summed E-state index contributed by atoms with van der Waals surface area (Å²) in [4.78, 5) is 43.8. The number of benzene rings is 1. The van der Waals surface area contributed by atoms with Crippen LogP contribution in [0.2, 0.25) is 5.02 Å². The molecule has 12 nitrogen and oxygen atoms in total. The second-order valence-corrected chi connectivity index (χ2v) is 14.5. The van der Waals surface area contributed by atoms with E-state index in [4.69, 9.17) is 35.3 Å². The molecule has 2 amide bonds. The van der Waals surface area contributed by atoms with Crippen LogP contribution in [0.15, 0.2) is 35.4 Å². The third-order valence-electron chi connectivity index (χ3n) is 10.2. The van der Waals surface area contributed by atoms with Gasteiger partial charge in [-0.3, -0.25) is 19.8 Å². The lowest BCUT2D eigenvalue weighted by Gasteiger charge is -2.42. The Morgan fingerprint density at radius 2 is 1.88 bits per heavy atom. The maximum Gasteiger partial charge on any atom is 0.409 e. The van der Waals surface area contributed by atoms with Crippen LogP contribution in [-0.2, 0) is 35.0 Å². The van der Waals surface area contributed by atoms with Crippen LogP contribution in [-0.4, -0.2) is 104 Å². The van der Waals surface area contributed by atoms with E-state index in [0.29, 0.717) is 17.9 Å². The van der Waals surface area contributed by atoms with Gasteiger partial charge in [0.2, 0.25) is 5.91 Å². The highest BCUT2D eigenvalue weighted by Crippen LogP contribution is 2.49. The van der Waals surface area contributed by atoms with Crippen molar-refractivity contribution >= 4 is 35.3 Å². The molecule has 2 N–H and O–H groups in total. The number of nitrogens with zero attached hydrogens (tertiary/aromatic N) is 2. The van der Waals surface area contributed by atoms with Crippen molar-refractivity contribution in [2.45, 2.75) is 116 Å². The Labute approximate surface area is 294 Å². The molecule has 272 valence electrons. The molecular formula is C36H52ClN3O9. The van der Waals surface area contributed by atoms with E-state index in [2.05, 4.69) is 5.32 Å². The maximum absolute atomic E-state index is 14.1. The number of fused-ring (bicyclic) bond motifs is 5. The van der Waals surface area contributed by atoms with Gasteiger partial charge in [0.25, 0.3) is 0 Å². The van der Waals surface area contributed by atoms with E-state index in [-0.39, 0.29) is 29.8 Å². The van der Waals surface area contributed by atoms with Gasteiger partial charge in [-0.15, -0.1) is 0 Å². The van der Waals surface area contributed by atoms with Gasteiger partial charge in [0.05, 0.1) is 25.3 Å². The summed E-state index contributed by atoms with van der Waals surface area (Å²) < 4.78 is 29.4. The van der Waals surface area contributed by atoms with Crippen LogP contribution in [0.4, 0.5) is 10.5 Å². The number of alkyl carbamates (subject to hydrolysis) is 1. The lowest BCUT2D eigenvalue weighted by atomic mass is 9.83. The first-order chi connectivity index (χ1) is 22.8. The number of halogens is 1. The Morgan fingerprint density at radius 1 is 1.20 bits per heavy atom. The first kappa shape index (κ1) is 38.6. The van der Waals surface area contributed by atoms with Crippen molar-refractivity contribution in [1.29, 1.82) is 0 Å². The monoisotopic (exact) mass is 705 g/mol. The number of epoxide rings is 1. The van der Waals surface area contributed by atoms with E-state index in [1.807, 2.05) is 64.8 Å². The van der Waals surface area contributed by atoms with Crippen molar-refractivity contribution in [3.8, 4) is 5.75 Å². The predicted octanol–water partition coefficient (Wildman–Crippen LogP) is 4.79. The molecule has 1 aromatic carbocycles. The summed E-state index contributed by atoms with van der Waals surface area (Å²) in [7, 11) is 6.43. The van der Waals surface area contributed by atoms with Crippen molar-refractivity contribution in [2.24, 2.45) is 5.92 Å². The Morgan fingerprint density at radius 3 is 2.49 bits per heavy atom. The van der Waals surface area contributed by atoms with Gasteiger partial charge in [0, 0.05) is 32.5 Å². The van der Waals surface area contributed by atoms with Crippen LogP contribution in [0.5, 0.6) is 5.75 Å². The molecule has 0 spiro atoms. The highest BCUT2D eigenvalue weighted by Gasteiger charge is 2.64. The number of ether oxygens (including phenoxy) is 5. The molecule has 0 unspecified atom stereocenters. The highest BCUT2D eigenvalue weighted by atomic mass is 35.5. The average Bonchev–Trinajstić information content (AvgIpc) is 3.73. The number of amides is 2. The SMILES string of the molecule is COc1cc2cc(c1Cl)N(C)C(=O)C[C@H](OC(=O)[C@H](C)N(C)C(C)C)[C@]1(C)O[C@H]1[C@H](C)[C@@H]1C[C@@](O)(NC(=O)O1)[C@H](OC)/C=C(C)/C=C(\C)C2. The first-order valence-electron chi connectivity index (χ1n) is 16.7. The quantitative estimate of drug-likeness (QED) is 0.314. The Balaban J connectivity index is 1.82. The van der Waals surface area contributed by atoms with Crippen LogP contribution in [0, 0.1) is 5.92 Å². The molecule has 1 aromatic rings. The number of rotatable bonds is 6.